The Labute approximate surface area is 113 Å². The van der Waals surface area contributed by atoms with E-state index in [2.05, 4.69) is 14.8 Å². The molecule has 0 saturated carbocycles. The van der Waals surface area contributed by atoms with Gasteiger partial charge >= 0.3 is 5.97 Å². The van der Waals surface area contributed by atoms with Gasteiger partial charge in [-0.2, -0.15) is 8.42 Å². The summed E-state index contributed by atoms with van der Waals surface area (Å²) in [5.41, 5.74) is 5.27. The molecule has 1 atom stereocenters. The third kappa shape index (κ3) is 6.83. The largest absolute Gasteiger partial charge is 0.480 e. The zero-order valence-corrected chi connectivity index (χ0v) is 11.6. The quantitative estimate of drug-likeness (QED) is 0.359. The number of hydrogen-bond donors (Lipinski definition) is 5. The lowest BCUT2D eigenvalue weighted by molar-refractivity contribution is -0.138. The van der Waals surface area contributed by atoms with Crippen LogP contribution in [0.1, 0.15) is 19.3 Å². The van der Waals surface area contributed by atoms with Crippen molar-refractivity contribution in [3.8, 4) is 0 Å². The molecule has 0 spiro atoms. The van der Waals surface area contributed by atoms with E-state index in [0.717, 1.165) is 25.9 Å². The summed E-state index contributed by atoms with van der Waals surface area (Å²) in [6.45, 7) is 2.23. The Morgan fingerprint density at radius 1 is 1.37 bits per heavy atom. The average Bonchev–Trinajstić information content (AvgIpc) is 2.37. The van der Waals surface area contributed by atoms with Crippen LogP contribution in [0.2, 0.25) is 0 Å². The number of nitrogens with two attached hydrogens (primary N) is 1. The average molecular weight is 294 g/mol. The Morgan fingerprint density at radius 2 is 2.00 bits per heavy atom. The molecule has 1 saturated heterocycles. The van der Waals surface area contributed by atoms with Gasteiger partial charge in [-0.25, -0.2) is 9.44 Å². The lowest BCUT2D eigenvalue weighted by Gasteiger charge is -2.22. The van der Waals surface area contributed by atoms with E-state index in [-0.39, 0.29) is 13.0 Å². The molecule has 19 heavy (non-hydrogen) atoms. The number of piperidine rings is 1. The van der Waals surface area contributed by atoms with E-state index >= 15 is 0 Å². The second-order valence-electron chi connectivity index (χ2n) is 4.67. The van der Waals surface area contributed by atoms with Gasteiger partial charge < -0.3 is 16.2 Å². The highest BCUT2D eigenvalue weighted by molar-refractivity contribution is 7.87. The smallest absolute Gasteiger partial charge is 0.320 e. The maximum atomic E-state index is 11.6. The van der Waals surface area contributed by atoms with E-state index in [9.17, 15) is 13.2 Å². The summed E-state index contributed by atoms with van der Waals surface area (Å²) < 4.78 is 28.0. The summed E-state index contributed by atoms with van der Waals surface area (Å²) in [7, 11) is -3.57. The predicted molar refractivity (Wildman–Crippen MR) is 70.7 cm³/mol. The van der Waals surface area contributed by atoms with E-state index in [1.54, 1.807) is 0 Å². The van der Waals surface area contributed by atoms with Gasteiger partial charge in [0.2, 0.25) is 0 Å². The molecule has 8 nitrogen and oxygen atoms in total. The minimum Gasteiger partial charge on any atom is -0.480 e. The first-order chi connectivity index (χ1) is 8.91. The van der Waals surface area contributed by atoms with Gasteiger partial charge in [0.15, 0.2) is 0 Å². The fourth-order valence-corrected chi connectivity index (χ4v) is 2.78. The topological polar surface area (TPSA) is 134 Å². The number of carbonyl (C=O) groups is 1. The molecule has 0 radical (unpaired) electrons. The molecule has 6 N–H and O–H groups in total. The zero-order valence-electron chi connectivity index (χ0n) is 10.8. The van der Waals surface area contributed by atoms with Crippen LogP contribution in [0.5, 0.6) is 0 Å². The highest BCUT2D eigenvalue weighted by Gasteiger charge is 2.17. The number of nitrogens with one attached hydrogen (secondary N) is 3. The highest BCUT2D eigenvalue weighted by Crippen LogP contribution is 2.09. The molecule has 1 unspecified atom stereocenters. The summed E-state index contributed by atoms with van der Waals surface area (Å²) in [6, 6.07) is -1.05. The lowest BCUT2D eigenvalue weighted by atomic mass is 9.99. The molecule has 0 aromatic carbocycles. The van der Waals surface area contributed by atoms with Crippen LogP contribution in [0.25, 0.3) is 0 Å². The molecule has 1 aliphatic rings. The molecule has 1 fully saturated rings. The van der Waals surface area contributed by atoms with Crippen molar-refractivity contribution in [2.75, 3.05) is 26.2 Å². The van der Waals surface area contributed by atoms with Crippen molar-refractivity contribution in [3.05, 3.63) is 0 Å². The van der Waals surface area contributed by atoms with Crippen molar-refractivity contribution in [1.29, 1.82) is 0 Å². The van der Waals surface area contributed by atoms with Gasteiger partial charge in [-0.15, -0.1) is 0 Å². The van der Waals surface area contributed by atoms with Gasteiger partial charge in [0, 0.05) is 13.1 Å². The summed E-state index contributed by atoms with van der Waals surface area (Å²) >= 11 is 0. The Balaban J connectivity index is 2.21. The maximum absolute atomic E-state index is 11.6. The van der Waals surface area contributed by atoms with E-state index in [4.69, 9.17) is 10.8 Å². The van der Waals surface area contributed by atoms with E-state index in [1.165, 1.54) is 0 Å². The van der Waals surface area contributed by atoms with Crippen molar-refractivity contribution in [1.82, 2.24) is 14.8 Å². The van der Waals surface area contributed by atoms with Crippen LogP contribution in [0, 0.1) is 5.92 Å². The van der Waals surface area contributed by atoms with Gasteiger partial charge in [-0.3, -0.25) is 4.79 Å². The molecule has 0 aromatic heterocycles. The molecule has 0 bridgehead atoms. The zero-order chi connectivity index (χ0) is 14.3. The Morgan fingerprint density at radius 3 is 2.58 bits per heavy atom. The van der Waals surface area contributed by atoms with Gasteiger partial charge in [-0.05, 0) is 38.3 Å². The van der Waals surface area contributed by atoms with Crippen molar-refractivity contribution in [2.24, 2.45) is 11.7 Å². The molecular weight excluding hydrogens is 272 g/mol. The predicted octanol–water partition coefficient (Wildman–Crippen LogP) is -1.79. The van der Waals surface area contributed by atoms with Crippen LogP contribution in [0.3, 0.4) is 0 Å². The minimum atomic E-state index is -3.57. The number of hydrogen-bond acceptors (Lipinski definition) is 5. The molecule has 9 heteroatoms. The summed E-state index contributed by atoms with van der Waals surface area (Å²) in [6.07, 6.45) is 1.96. The van der Waals surface area contributed by atoms with Crippen LogP contribution < -0.4 is 20.5 Å². The van der Waals surface area contributed by atoms with E-state index in [1.807, 2.05) is 0 Å². The first kappa shape index (κ1) is 16.3. The molecule has 1 aliphatic heterocycles. The monoisotopic (exact) mass is 294 g/mol. The Bertz CT molecular complexity index is 381. The Kier molecular flexibility index (Phi) is 6.66. The third-order valence-corrected chi connectivity index (χ3v) is 4.22. The summed E-state index contributed by atoms with van der Waals surface area (Å²) in [5.74, 6) is -0.791. The minimum absolute atomic E-state index is 0.00895. The van der Waals surface area contributed by atoms with Crippen molar-refractivity contribution >= 4 is 16.2 Å². The van der Waals surface area contributed by atoms with Gasteiger partial charge in [0.25, 0.3) is 10.2 Å². The summed E-state index contributed by atoms with van der Waals surface area (Å²) in [4.78, 5) is 10.5. The molecule has 112 valence electrons. The molecule has 1 heterocycles. The van der Waals surface area contributed by atoms with Crippen LogP contribution in [-0.4, -0.2) is 51.7 Å². The SMILES string of the molecule is NC(CCNS(=O)(=O)NCC1CCNCC1)C(=O)O. The van der Waals surface area contributed by atoms with Crippen molar-refractivity contribution in [2.45, 2.75) is 25.3 Å². The standard InChI is InChI=1S/C10H22N4O4S/c11-9(10(15)16)3-6-13-19(17,18)14-7-8-1-4-12-5-2-8/h8-9,12-14H,1-7,11H2,(H,15,16). The second kappa shape index (κ2) is 7.75. The first-order valence-electron chi connectivity index (χ1n) is 6.34. The fourth-order valence-electron chi connectivity index (χ4n) is 1.84. The van der Waals surface area contributed by atoms with Crippen molar-refractivity contribution < 1.29 is 18.3 Å². The number of carboxylic acid groups (broad SMARTS) is 1. The first-order valence-corrected chi connectivity index (χ1v) is 7.82. The Hall–Kier alpha value is -0.740. The fraction of sp³-hybridized carbons (Fsp3) is 0.900. The normalized spacial score (nSPS) is 19.2. The highest BCUT2D eigenvalue weighted by atomic mass is 32.2. The molecule has 0 aromatic rings. The van der Waals surface area contributed by atoms with Gasteiger partial charge in [0.05, 0.1) is 0 Å². The second-order valence-corrected chi connectivity index (χ2v) is 6.26. The lowest BCUT2D eigenvalue weighted by Crippen LogP contribution is -2.43. The number of carboxylic acids is 1. The number of rotatable bonds is 8. The molecule has 1 rings (SSSR count). The van der Waals surface area contributed by atoms with Gasteiger partial charge in [0.1, 0.15) is 6.04 Å². The van der Waals surface area contributed by atoms with Crippen LogP contribution >= 0.6 is 0 Å². The van der Waals surface area contributed by atoms with Crippen LogP contribution in [0.15, 0.2) is 0 Å². The number of aliphatic carboxylic acids is 1. The van der Waals surface area contributed by atoms with Crippen LogP contribution in [0.4, 0.5) is 0 Å². The van der Waals surface area contributed by atoms with Crippen molar-refractivity contribution in [3.63, 3.8) is 0 Å². The van der Waals surface area contributed by atoms with Crippen LogP contribution in [-0.2, 0) is 15.0 Å². The van der Waals surface area contributed by atoms with E-state index < -0.39 is 22.2 Å². The van der Waals surface area contributed by atoms with E-state index in [0.29, 0.717) is 12.5 Å². The maximum Gasteiger partial charge on any atom is 0.320 e. The molecule has 0 aliphatic carbocycles. The molecular formula is C10H22N4O4S. The van der Waals surface area contributed by atoms with Gasteiger partial charge in [-0.1, -0.05) is 0 Å². The third-order valence-electron chi connectivity index (χ3n) is 3.09. The summed E-state index contributed by atoms with van der Waals surface area (Å²) in [5, 5.41) is 11.8. The molecule has 0 amide bonds.